The summed E-state index contributed by atoms with van der Waals surface area (Å²) < 4.78 is 22.6. The van der Waals surface area contributed by atoms with Gasteiger partial charge in [-0.05, 0) is 25.0 Å². The van der Waals surface area contributed by atoms with Crippen molar-refractivity contribution in [1.29, 1.82) is 0 Å². The molecular formula is C11H15N3O2S2. The van der Waals surface area contributed by atoms with E-state index in [1.54, 1.807) is 18.3 Å². The second-order valence-electron chi connectivity index (χ2n) is 4.36. The van der Waals surface area contributed by atoms with Crippen LogP contribution < -0.4 is 11.1 Å². The maximum Gasteiger partial charge on any atom is 0.150 e. The minimum atomic E-state index is -2.83. The number of aromatic nitrogens is 1. The van der Waals surface area contributed by atoms with Crippen molar-refractivity contribution in [2.24, 2.45) is 5.73 Å². The van der Waals surface area contributed by atoms with Crippen LogP contribution in [0.25, 0.3) is 0 Å². The van der Waals surface area contributed by atoms with Crippen molar-refractivity contribution in [3.8, 4) is 0 Å². The van der Waals surface area contributed by atoms with Gasteiger partial charge >= 0.3 is 0 Å². The third-order valence-corrected chi connectivity index (χ3v) is 4.90. The van der Waals surface area contributed by atoms with Gasteiger partial charge in [-0.25, -0.2) is 13.4 Å². The van der Waals surface area contributed by atoms with Crippen LogP contribution in [0.5, 0.6) is 0 Å². The summed E-state index contributed by atoms with van der Waals surface area (Å²) in [6, 6.07) is 3.67. The van der Waals surface area contributed by atoms with Crippen molar-refractivity contribution in [3.63, 3.8) is 0 Å². The van der Waals surface area contributed by atoms with Gasteiger partial charge in [0.25, 0.3) is 0 Å². The third-order valence-electron chi connectivity index (χ3n) is 2.95. The van der Waals surface area contributed by atoms with E-state index in [0.717, 1.165) is 5.56 Å². The maximum absolute atomic E-state index is 11.3. The Morgan fingerprint density at radius 2 is 2.11 bits per heavy atom. The molecular weight excluding hydrogens is 270 g/mol. The van der Waals surface area contributed by atoms with Crippen LogP contribution in [0.2, 0.25) is 0 Å². The van der Waals surface area contributed by atoms with Gasteiger partial charge in [0.1, 0.15) is 20.6 Å². The molecule has 2 heterocycles. The lowest BCUT2D eigenvalue weighted by Crippen LogP contribution is -2.32. The first-order valence-corrected chi connectivity index (χ1v) is 7.92. The SMILES string of the molecule is NC(=S)c1ccnc(NC2CCS(=O)(=O)CC2)c1. The number of nitrogens with two attached hydrogens (primary N) is 1. The van der Waals surface area contributed by atoms with Gasteiger partial charge in [-0.3, -0.25) is 0 Å². The Balaban J connectivity index is 2.02. The Hall–Kier alpha value is -1.21. The van der Waals surface area contributed by atoms with Crippen LogP contribution in [-0.2, 0) is 9.84 Å². The summed E-state index contributed by atoms with van der Waals surface area (Å²) >= 11 is 4.90. The minimum absolute atomic E-state index is 0.141. The van der Waals surface area contributed by atoms with E-state index in [9.17, 15) is 8.42 Å². The zero-order valence-corrected chi connectivity index (χ0v) is 11.4. The third kappa shape index (κ3) is 3.39. The number of anilines is 1. The number of rotatable bonds is 3. The molecule has 0 radical (unpaired) electrons. The number of thiocarbonyl (C=S) groups is 1. The zero-order valence-electron chi connectivity index (χ0n) is 9.80. The largest absolute Gasteiger partial charge is 0.389 e. The fourth-order valence-electron chi connectivity index (χ4n) is 1.91. The van der Waals surface area contributed by atoms with Crippen molar-refractivity contribution >= 4 is 32.9 Å². The quantitative estimate of drug-likeness (QED) is 0.795. The van der Waals surface area contributed by atoms with Crippen LogP contribution in [0.3, 0.4) is 0 Å². The Morgan fingerprint density at radius 3 is 2.72 bits per heavy atom. The Labute approximate surface area is 112 Å². The van der Waals surface area contributed by atoms with E-state index < -0.39 is 9.84 Å². The minimum Gasteiger partial charge on any atom is -0.389 e. The number of hydrogen-bond donors (Lipinski definition) is 2. The van der Waals surface area contributed by atoms with Crippen LogP contribution in [0.4, 0.5) is 5.82 Å². The molecule has 1 fully saturated rings. The number of nitrogens with zero attached hydrogens (tertiary/aromatic N) is 1. The van der Waals surface area contributed by atoms with Crippen LogP contribution in [0.1, 0.15) is 18.4 Å². The van der Waals surface area contributed by atoms with E-state index in [1.165, 1.54) is 0 Å². The predicted molar refractivity (Wildman–Crippen MR) is 75.4 cm³/mol. The molecule has 7 heteroatoms. The number of sulfone groups is 1. The summed E-state index contributed by atoms with van der Waals surface area (Å²) in [7, 11) is -2.83. The first kappa shape index (κ1) is 13.2. The standard InChI is InChI=1S/C11H15N3O2S2/c12-11(17)8-1-4-13-10(7-8)14-9-2-5-18(15,16)6-3-9/h1,4,7,9H,2-3,5-6H2,(H2,12,17)(H,13,14). The molecule has 98 valence electrons. The van der Waals surface area contributed by atoms with E-state index in [0.29, 0.717) is 23.6 Å². The summed E-state index contributed by atoms with van der Waals surface area (Å²) in [5.74, 6) is 1.16. The zero-order chi connectivity index (χ0) is 13.2. The lowest BCUT2D eigenvalue weighted by molar-refractivity contribution is 0.559. The first-order valence-electron chi connectivity index (χ1n) is 5.69. The molecule has 5 nitrogen and oxygen atoms in total. The van der Waals surface area contributed by atoms with Crippen molar-refractivity contribution in [1.82, 2.24) is 4.98 Å². The summed E-state index contributed by atoms with van der Waals surface area (Å²) in [5, 5.41) is 3.22. The molecule has 0 spiro atoms. The van der Waals surface area contributed by atoms with Gasteiger partial charge in [-0.2, -0.15) is 0 Å². The molecule has 1 saturated heterocycles. The molecule has 18 heavy (non-hydrogen) atoms. The monoisotopic (exact) mass is 285 g/mol. The topological polar surface area (TPSA) is 85.1 Å². The number of hydrogen-bond acceptors (Lipinski definition) is 5. The van der Waals surface area contributed by atoms with Gasteiger partial charge in [0, 0.05) is 17.8 Å². The molecule has 1 aliphatic heterocycles. The Morgan fingerprint density at radius 1 is 1.44 bits per heavy atom. The number of pyridine rings is 1. The molecule has 1 aromatic rings. The Kier molecular flexibility index (Phi) is 3.82. The molecule has 1 aliphatic rings. The van der Waals surface area contributed by atoms with Crippen molar-refractivity contribution < 1.29 is 8.42 Å². The Bertz CT molecular complexity index is 543. The summed E-state index contributed by atoms with van der Waals surface area (Å²) in [5.41, 5.74) is 6.30. The van der Waals surface area contributed by atoms with Crippen molar-refractivity contribution in [2.45, 2.75) is 18.9 Å². The molecule has 0 amide bonds. The summed E-state index contributed by atoms with van der Waals surface area (Å²) in [6.07, 6.45) is 2.86. The highest BCUT2D eigenvalue weighted by Gasteiger charge is 2.23. The predicted octanol–water partition coefficient (Wildman–Crippen LogP) is 0.705. The second kappa shape index (κ2) is 5.19. The lowest BCUT2D eigenvalue weighted by atomic mass is 10.1. The van der Waals surface area contributed by atoms with Crippen molar-refractivity contribution in [3.05, 3.63) is 23.9 Å². The average molecular weight is 285 g/mol. The molecule has 3 N–H and O–H groups in total. The highest BCUT2D eigenvalue weighted by atomic mass is 32.2. The summed E-state index contributed by atoms with van der Waals surface area (Å²) in [6.45, 7) is 0. The van der Waals surface area contributed by atoms with E-state index in [4.69, 9.17) is 18.0 Å². The van der Waals surface area contributed by atoms with Crippen molar-refractivity contribution in [2.75, 3.05) is 16.8 Å². The average Bonchev–Trinajstić information content (AvgIpc) is 2.32. The highest BCUT2D eigenvalue weighted by molar-refractivity contribution is 7.91. The van der Waals surface area contributed by atoms with Gasteiger partial charge in [-0.15, -0.1) is 0 Å². The van der Waals surface area contributed by atoms with E-state index in [-0.39, 0.29) is 17.5 Å². The molecule has 0 aliphatic carbocycles. The van der Waals surface area contributed by atoms with Gasteiger partial charge in [0.15, 0.2) is 0 Å². The molecule has 0 saturated carbocycles. The van der Waals surface area contributed by atoms with Crippen LogP contribution in [0.15, 0.2) is 18.3 Å². The van der Waals surface area contributed by atoms with Gasteiger partial charge in [-0.1, -0.05) is 12.2 Å². The molecule has 0 atom stereocenters. The first-order chi connectivity index (χ1) is 8.46. The van der Waals surface area contributed by atoms with Gasteiger partial charge in [0.2, 0.25) is 0 Å². The van der Waals surface area contributed by atoms with Crippen LogP contribution in [0, 0.1) is 0 Å². The molecule has 0 unspecified atom stereocenters. The smallest absolute Gasteiger partial charge is 0.150 e. The normalized spacial score (nSPS) is 19.3. The van der Waals surface area contributed by atoms with Crippen LogP contribution >= 0.6 is 12.2 Å². The van der Waals surface area contributed by atoms with Crippen LogP contribution in [-0.4, -0.2) is 35.9 Å². The highest BCUT2D eigenvalue weighted by Crippen LogP contribution is 2.17. The van der Waals surface area contributed by atoms with Gasteiger partial charge in [0.05, 0.1) is 11.5 Å². The molecule has 2 rings (SSSR count). The van der Waals surface area contributed by atoms with E-state index in [1.807, 2.05) is 0 Å². The fourth-order valence-corrected chi connectivity index (χ4v) is 3.52. The fraction of sp³-hybridized carbons (Fsp3) is 0.455. The number of nitrogens with one attached hydrogen (secondary N) is 1. The van der Waals surface area contributed by atoms with E-state index in [2.05, 4.69) is 10.3 Å². The molecule has 1 aromatic heterocycles. The van der Waals surface area contributed by atoms with Gasteiger partial charge < -0.3 is 11.1 Å². The molecule has 0 aromatic carbocycles. The maximum atomic E-state index is 11.3. The lowest BCUT2D eigenvalue weighted by Gasteiger charge is -2.23. The summed E-state index contributed by atoms with van der Waals surface area (Å²) in [4.78, 5) is 4.50. The molecule has 0 bridgehead atoms. The second-order valence-corrected chi connectivity index (χ2v) is 7.11. The van der Waals surface area contributed by atoms with E-state index >= 15 is 0 Å².